The highest BCUT2D eigenvalue weighted by molar-refractivity contribution is 5.96. The maximum absolute atomic E-state index is 15.1. The van der Waals surface area contributed by atoms with Gasteiger partial charge in [0.05, 0.1) is 24.9 Å². The molecule has 0 bridgehead atoms. The maximum atomic E-state index is 15.1. The first-order valence-electron chi connectivity index (χ1n) is 18.6. The summed E-state index contributed by atoms with van der Waals surface area (Å²) in [5, 5.41) is 29.6. The molecule has 0 aliphatic rings. The van der Waals surface area contributed by atoms with Gasteiger partial charge in [-0.15, -0.1) is 0 Å². The van der Waals surface area contributed by atoms with Crippen LogP contribution >= 0.6 is 0 Å². The van der Waals surface area contributed by atoms with Crippen molar-refractivity contribution in [1.82, 2.24) is 30.7 Å². The zero-order valence-electron chi connectivity index (χ0n) is 32.8. The monoisotopic (exact) mass is 797 g/mol. The Balaban J connectivity index is 1.87. The van der Waals surface area contributed by atoms with Crippen molar-refractivity contribution < 1.29 is 47.8 Å². The zero-order chi connectivity index (χ0) is 42.4. The third-order valence-electron chi connectivity index (χ3n) is 9.06. The number of carboxylic acid groups (broad SMARTS) is 1. The molecule has 0 aliphatic heterocycles. The molecule has 0 fully saturated rings. The molecule has 2 aromatic carbocycles. The highest BCUT2D eigenvalue weighted by Gasteiger charge is 2.37. The number of nitrogens with zero attached hydrogens (tertiary/aromatic N) is 2. The first kappa shape index (κ1) is 45.7. The van der Waals surface area contributed by atoms with E-state index in [1.165, 1.54) is 11.8 Å². The number of halogens is 2. The Labute approximate surface area is 330 Å². The smallest absolute Gasteiger partial charge is 0.305 e. The number of aromatic nitrogens is 1. The number of primary amides is 1. The van der Waals surface area contributed by atoms with E-state index in [1.54, 1.807) is 19.2 Å². The lowest BCUT2D eigenvalue weighted by Gasteiger charge is -2.41. The number of nitrogens with two attached hydrogens (primary N) is 1. The van der Waals surface area contributed by atoms with Crippen LogP contribution in [0.25, 0.3) is 11.1 Å². The van der Waals surface area contributed by atoms with Crippen LogP contribution < -0.4 is 27.0 Å². The number of amides is 5. The van der Waals surface area contributed by atoms with E-state index < -0.39 is 96.2 Å². The van der Waals surface area contributed by atoms with Gasteiger partial charge < -0.3 is 46.7 Å². The third-order valence-corrected chi connectivity index (χ3v) is 9.06. The van der Waals surface area contributed by atoms with Crippen LogP contribution in [-0.4, -0.2) is 99.6 Å². The Bertz CT molecular complexity index is 1880. The van der Waals surface area contributed by atoms with Gasteiger partial charge in [-0.3, -0.25) is 28.8 Å². The minimum Gasteiger partial charge on any atom is -0.481 e. The number of aliphatic hydroxyl groups is 1. The van der Waals surface area contributed by atoms with E-state index in [4.69, 9.17) is 5.73 Å². The molecule has 0 radical (unpaired) electrons. The second-order valence-corrected chi connectivity index (χ2v) is 14.7. The number of hydrogen-bond donors (Lipinski definition) is 7. The summed E-state index contributed by atoms with van der Waals surface area (Å²) in [5.74, 6) is -6.78. The number of rotatable bonds is 21. The van der Waals surface area contributed by atoms with Crippen molar-refractivity contribution in [3.63, 3.8) is 0 Å². The van der Waals surface area contributed by atoms with Gasteiger partial charge in [-0.2, -0.15) is 0 Å². The van der Waals surface area contributed by atoms with Gasteiger partial charge in [0.15, 0.2) is 0 Å². The molecular formula is C40H53F2N7O8. The van der Waals surface area contributed by atoms with E-state index in [1.807, 2.05) is 55.7 Å². The lowest BCUT2D eigenvalue weighted by Crippen LogP contribution is -2.57. The van der Waals surface area contributed by atoms with Crippen LogP contribution in [0.4, 0.5) is 8.78 Å². The Morgan fingerprint density at radius 3 is 2.16 bits per heavy atom. The predicted octanol–water partition coefficient (Wildman–Crippen LogP) is 2.21. The van der Waals surface area contributed by atoms with Crippen molar-refractivity contribution in [2.45, 2.75) is 84.6 Å². The SMILES string of the molecule is CCN[C@@H](C)C(=O)N[C@@H](CC(=O)O)C(=O)N[C@@H](CC(N)=O)C(=O)NCCCN(C(=O)CO)[C@@H](c1cc(-c2cc(F)ccc2F)cn1Cc1ccccc1)C(C)(C)C. The molecule has 0 unspecified atom stereocenters. The Morgan fingerprint density at radius 2 is 1.56 bits per heavy atom. The Morgan fingerprint density at radius 1 is 0.912 bits per heavy atom. The number of benzene rings is 2. The van der Waals surface area contributed by atoms with Gasteiger partial charge in [0.2, 0.25) is 29.5 Å². The van der Waals surface area contributed by atoms with Gasteiger partial charge in [0, 0.05) is 42.7 Å². The topological polar surface area (TPSA) is 225 Å². The standard InChI is InChI=1S/C40H53F2N7O8/c1-6-44-24(2)37(55)46-31(20-35(53)54)39(57)47-30(19-33(43)51)38(56)45-15-10-16-49(34(52)23-50)36(40(3,4)5)32-17-26(28-18-27(41)13-14-29(28)42)22-48(32)21-25-11-8-7-9-12-25/h7-9,11-14,17-18,22,24,30-31,36,44,50H,6,10,15-16,19-21,23H2,1-5H3,(H2,43,51)(H,45,56)(H,46,55)(H,47,57)(H,53,54)/t24-,30-,31-,36-/m0/s1. The van der Waals surface area contributed by atoms with Crippen molar-refractivity contribution >= 4 is 35.5 Å². The molecule has 57 heavy (non-hydrogen) atoms. The highest BCUT2D eigenvalue weighted by atomic mass is 19.1. The second-order valence-electron chi connectivity index (χ2n) is 14.7. The van der Waals surface area contributed by atoms with E-state index in [0.717, 1.165) is 23.8 Å². The molecule has 3 aromatic rings. The summed E-state index contributed by atoms with van der Waals surface area (Å²) in [6, 6.07) is 9.62. The van der Waals surface area contributed by atoms with E-state index in [9.17, 15) is 43.4 Å². The summed E-state index contributed by atoms with van der Waals surface area (Å²) in [6.07, 6.45) is 0.348. The van der Waals surface area contributed by atoms with Gasteiger partial charge >= 0.3 is 5.97 Å². The molecule has 1 aromatic heterocycles. The molecule has 17 heteroatoms. The van der Waals surface area contributed by atoms with Crippen LogP contribution in [0.15, 0.2) is 60.8 Å². The van der Waals surface area contributed by atoms with Gasteiger partial charge in [0.25, 0.3) is 0 Å². The molecule has 3 rings (SSSR count). The fraction of sp³-hybridized carbons (Fsp3) is 0.450. The first-order chi connectivity index (χ1) is 26.9. The maximum Gasteiger partial charge on any atom is 0.305 e. The second kappa shape index (κ2) is 21.0. The van der Waals surface area contributed by atoms with Gasteiger partial charge in [0.1, 0.15) is 30.3 Å². The number of hydrogen-bond acceptors (Lipinski definition) is 8. The van der Waals surface area contributed by atoms with Gasteiger partial charge in [-0.25, -0.2) is 8.78 Å². The van der Waals surface area contributed by atoms with Crippen molar-refractivity contribution in [3.05, 3.63) is 83.7 Å². The molecule has 0 saturated heterocycles. The number of nitrogens with one attached hydrogen (secondary N) is 4. The van der Waals surface area contributed by atoms with Gasteiger partial charge in [-0.1, -0.05) is 58.0 Å². The van der Waals surface area contributed by atoms with Crippen LogP contribution in [-0.2, 0) is 35.3 Å². The normalized spacial score (nSPS) is 13.5. The molecule has 4 atom stereocenters. The average molecular weight is 798 g/mol. The number of carbonyl (C=O) groups excluding carboxylic acids is 5. The van der Waals surface area contributed by atoms with Crippen molar-refractivity contribution in [3.8, 4) is 11.1 Å². The van der Waals surface area contributed by atoms with Crippen molar-refractivity contribution in [2.24, 2.45) is 11.1 Å². The van der Waals surface area contributed by atoms with Crippen LogP contribution in [0.1, 0.15) is 71.2 Å². The predicted molar refractivity (Wildman–Crippen MR) is 207 cm³/mol. The molecular weight excluding hydrogens is 744 g/mol. The largest absolute Gasteiger partial charge is 0.481 e. The third kappa shape index (κ3) is 13.5. The minimum atomic E-state index is -1.58. The Hall–Kier alpha value is -5.68. The van der Waals surface area contributed by atoms with Crippen LogP contribution in [0, 0.1) is 17.0 Å². The summed E-state index contributed by atoms with van der Waals surface area (Å²) in [4.78, 5) is 77.3. The molecule has 15 nitrogen and oxygen atoms in total. The first-order valence-corrected chi connectivity index (χ1v) is 18.6. The van der Waals surface area contributed by atoms with Crippen LogP contribution in [0.3, 0.4) is 0 Å². The number of aliphatic carboxylic acids is 1. The minimum absolute atomic E-state index is 0.00860. The quantitative estimate of drug-likeness (QED) is 0.0784. The summed E-state index contributed by atoms with van der Waals surface area (Å²) in [7, 11) is 0. The lowest BCUT2D eigenvalue weighted by atomic mass is 9.83. The molecule has 310 valence electrons. The molecule has 1 heterocycles. The van der Waals surface area contributed by atoms with E-state index in [0.29, 0.717) is 24.3 Å². The number of aliphatic hydroxyl groups excluding tert-OH is 1. The fourth-order valence-electron chi connectivity index (χ4n) is 6.45. The average Bonchev–Trinajstić information content (AvgIpc) is 3.54. The van der Waals surface area contributed by atoms with Crippen molar-refractivity contribution in [2.75, 3.05) is 26.2 Å². The van der Waals surface area contributed by atoms with E-state index in [2.05, 4.69) is 21.3 Å². The summed E-state index contributed by atoms with van der Waals surface area (Å²) < 4.78 is 31.2. The fourth-order valence-corrected chi connectivity index (χ4v) is 6.45. The summed E-state index contributed by atoms with van der Waals surface area (Å²) in [6.45, 7) is 8.73. The zero-order valence-corrected chi connectivity index (χ0v) is 32.8. The lowest BCUT2D eigenvalue weighted by molar-refractivity contribution is -0.141. The molecule has 0 aliphatic carbocycles. The molecule has 0 saturated carbocycles. The van der Waals surface area contributed by atoms with Crippen LogP contribution in [0.5, 0.6) is 0 Å². The van der Waals surface area contributed by atoms with E-state index >= 15 is 4.39 Å². The molecule has 0 spiro atoms. The number of carbonyl (C=O) groups is 6. The summed E-state index contributed by atoms with van der Waals surface area (Å²) in [5.41, 5.74) is 6.52. The highest BCUT2D eigenvalue weighted by Crippen LogP contribution is 2.41. The molecule has 5 amide bonds. The van der Waals surface area contributed by atoms with Crippen molar-refractivity contribution in [1.29, 1.82) is 0 Å². The molecule has 8 N–H and O–H groups in total. The number of likely N-dealkylation sites (N-methyl/N-ethyl adjacent to an activating group) is 1. The number of carboxylic acids is 1. The van der Waals surface area contributed by atoms with E-state index in [-0.39, 0.29) is 25.1 Å². The van der Waals surface area contributed by atoms with Gasteiger partial charge in [-0.05, 0) is 55.1 Å². The Kier molecular flexibility index (Phi) is 16.9. The summed E-state index contributed by atoms with van der Waals surface area (Å²) >= 11 is 0. The van der Waals surface area contributed by atoms with Crippen LogP contribution in [0.2, 0.25) is 0 Å².